The van der Waals surface area contributed by atoms with Crippen LogP contribution >= 0.6 is 12.2 Å². The molecule has 0 fully saturated rings. The lowest BCUT2D eigenvalue weighted by molar-refractivity contribution is -0.142. The normalized spacial score (nSPS) is 12.0. The van der Waals surface area contributed by atoms with Crippen LogP contribution in [0.2, 0.25) is 0 Å². The van der Waals surface area contributed by atoms with E-state index >= 15 is 0 Å². The number of benzene rings is 3. The second kappa shape index (κ2) is 12.7. The number of ether oxygens (including phenoxy) is 4. The van der Waals surface area contributed by atoms with Crippen LogP contribution in [0.25, 0.3) is 12.2 Å². The summed E-state index contributed by atoms with van der Waals surface area (Å²) in [5, 5.41) is 0. The predicted octanol–water partition coefficient (Wildman–Crippen LogP) is 4.99. The van der Waals surface area contributed by atoms with E-state index in [1.54, 1.807) is 18.3 Å². The summed E-state index contributed by atoms with van der Waals surface area (Å²) in [6.07, 6.45) is 5.95. The molecule has 1 aromatic heterocycles. The molecule has 3 aromatic carbocycles. The Morgan fingerprint density at radius 1 is 0.833 bits per heavy atom. The lowest BCUT2D eigenvalue weighted by Gasteiger charge is -2.22. The van der Waals surface area contributed by atoms with Crippen molar-refractivity contribution >= 4 is 36.3 Å². The minimum atomic E-state index is -0.701. The quantitative estimate of drug-likeness (QED) is 0.191. The van der Waals surface area contributed by atoms with Gasteiger partial charge < -0.3 is 18.9 Å². The molecule has 1 heterocycles. The minimum absolute atomic E-state index is 0.0172. The van der Waals surface area contributed by atoms with E-state index in [2.05, 4.69) is 46.1 Å². The Hall–Kier alpha value is -4.96. The standard InChI is InChI=1S/C32H28N2O7S/c1-38-27(35)19-41-26-13-7-12-25(29(26)31(36)39-2)40-17-16-34-18-24(30(42)33-32(34)37)28-22-10-5-3-8-20(22)14-15-21-9-4-6-11-23(21)28/h3-15,18,28H,16-17,19H2,1-2H3,(H,33,37,42). The van der Waals surface area contributed by atoms with E-state index in [1.165, 1.54) is 24.9 Å². The third-order valence-corrected chi connectivity index (χ3v) is 7.28. The smallest absolute Gasteiger partial charge is 0.345 e. The summed E-state index contributed by atoms with van der Waals surface area (Å²) in [6, 6.07) is 21.0. The molecule has 5 rings (SSSR count). The molecule has 0 bridgehead atoms. The maximum Gasteiger partial charge on any atom is 0.345 e. The number of H-pyrrole nitrogens is 1. The number of fused-ring (bicyclic) bond motifs is 2. The third kappa shape index (κ3) is 5.89. The van der Waals surface area contributed by atoms with Crippen LogP contribution in [0.3, 0.4) is 0 Å². The van der Waals surface area contributed by atoms with Gasteiger partial charge in [-0.3, -0.25) is 9.55 Å². The van der Waals surface area contributed by atoms with Gasteiger partial charge in [0.05, 0.1) is 20.8 Å². The largest absolute Gasteiger partial charge is 0.491 e. The van der Waals surface area contributed by atoms with Crippen molar-refractivity contribution in [2.45, 2.75) is 12.5 Å². The van der Waals surface area contributed by atoms with Crippen molar-refractivity contribution in [2.24, 2.45) is 0 Å². The second-order valence-corrected chi connectivity index (χ2v) is 9.80. The molecule has 0 radical (unpaired) electrons. The van der Waals surface area contributed by atoms with Crippen molar-refractivity contribution in [1.29, 1.82) is 0 Å². The monoisotopic (exact) mass is 584 g/mol. The fraction of sp³-hybridized carbons (Fsp3) is 0.188. The molecule has 10 heteroatoms. The van der Waals surface area contributed by atoms with Gasteiger partial charge in [0.1, 0.15) is 28.3 Å². The lowest BCUT2D eigenvalue weighted by Crippen LogP contribution is -2.27. The summed E-state index contributed by atoms with van der Waals surface area (Å²) >= 11 is 5.68. The lowest BCUT2D eigenvalue weighted by atomic mass is 9.83. The number of aromatic amines is 1. The van der Waals surface area contributed by atoms with Crippen LogP contribution in [0.15, 0.2) is 77.7 Å². The number of carbonyl (C=O) groups excluding carboxylic acids is 2. The van der Waals surface area contributed by atoms with Gasteiger partial charge in [0.2, 0.25) is 0 Å². The highest BCUT2D eigenvalue weighted by atomic mass is 32.1. The van der Waals surface area contributed by atoms with Gasteiger partial charge in [0.25, 0.3) is 0 Å². The number of esters is 2. The highest BCUT2D eigenvalue weighted by Gasteiger charge is 2.25. The first kappa shape index (κ1) is 28.6. The molecule has 0 spiro atoms. The summed E-state index contributed by atoms with van der Waals surface area (Å²) in [5.74, 6) is -1.23. The van der Waals surface area contributed by atoms with E-state index in [4.69, 9.17) is 26.4 Å². The molecule has 0 amide bonds. The zero-order valence-corrected chi connectivity index (χ0v) is 23.8. The number of aromatic nitrogens is 2. The molecule has 0 unspecified atom stereocenters. The maximum absolute atomic E-state index is 13.0. The van der Waals surface area contributed by atoms with Crippen LogP contribution in [0.4, 0.5) is 0 Å². The van der Waals surface area contributed by atoms with Crippen LogP contribution in [0, 0.1) is 4.64 Å². The number of rotatable bonds is 9. The summed E-state index contributed by atoms with van der Waals surface area (Å²) in [7, 11) is 2.47. The van der Waals surface area contributed by atoms with E-state index < -0.39 is 18.5 Å². The summed E-state index contributed by atoms with van der Waals surface area (Å²) in [6.45, 7) is -0.206. The summed E-state index contributed by atoms with van der Waals surface area (Å²) in [4.78, 5) is 39.9. The first-order valence-electron chi connectivity index (χ1n) is 13.1. The molecule has 42 heavy (non-hydrogen) atoms. The van der Waals surface area contributed by atoms with Crippen LogP contribution < -0.4 is 15.2 Å². The average Bonchev–Trinajstić information content (AvgIpc) is 3.17. The zero-order chi connectivity index (χ0) is 29.6. The highest BCUT2D eigenvalue weighted by Crippen LogP contribution is 2.39. The molecule has 214 valence electrons. The van der Waals surface area contributed by atoms with Crippen LogP contribution in [-0.4, -0.2) is 48.9 Å². The molecule has 1 N–H and O–H groups in total. The topological polar surface area (TPSA) is 109 Å². The Morgan fingerprint density at radius 2 is 1.45 bits per heavy atom. The first-order valence-corrected chi connectivity index (χ1v) is 13.6. The number of hydrogen-bond acceptors (Lipinski definition) is 8. The van der Waals surface area contributed by atoms with Crippen molar-refractivity contribution < 1.29 is 28.5 Å². The van der Waals surface area contributed by atoms with E-state index in [0.29, 0.717) is 4.64 Å². The molecular weight excluding hydrogens is 556 g/mol. The Kier molecular flexibility index (Phi) is 8.63. The fourth-order valence-electron chi connectivity index (χ4n) is 4.94. The van der Waals surface area contributed by atoms with E-state index in [-0.39, 0.29) is 41.8 Å². The number of carbonyl (C=O) groups is 2. The molecule has 0 atom stereocenters. The van der Waals surface area contributed by atoms with Gasteiger partial charge in [-0.25, -0.2) is 14.4 Å². The van der Waals surface area contributed by atoms with Gasteiger partial charge >= 0.3 is 17.6 Å². The maximum atomic E-state index is 13.0. The third-order valence-electron chi connectivity index (χ3n) is 6.95. The molecule has 0 saturated heterocycles. The van der Waals surface area contributed by atoms with Crippen LogP contribution in [-0.2, 0) is 20.8 Å². The van der Waals surface area contributed by atoms with Crippen molar-refractivity contribution in [3.05, 3.63) is 121 Å². The number of methoxy groups -OCH3 is 2. The molecule has 9 nitrogen and oxygen atoms in total. The molecular formula is C32H28N2O7S. The molecule has 0 saturated carbocycles. The van der Waals surface area contributed by atoms with Gasteiger partial charge in [-0.2, -0.15) is 0 Å². The van der Waals surface area contributed by atoms with Gasteiger partial charge in [-0.15, -0.1) is 0 Å². The Bertz CT molecular complexity index is 1740. The van der Waals surface area contributed by atoms with E-state index in [9.17, 15) is 14.4 Å². The molecule has 0 aliphatic heterocycles. The predicted molar refractivity (Wildman–Crippen MR) is 159 cm³/mol. The van der Waals surface area contributed by atoms with E-state index in [1.807, 2.05) is 24.3 Å². The van der Waals surface area contributed by atoms with Gasteiger partial charge in [-0.1, -0.05) is 79.0 Å². The number of hydrogen-bond donors (Lipinski definition) is 1. The summed E-state index contributed by atoms with van der Waals surface area (Å²) < 4.78 is 22.8. The Morgan fingerprint density at radius 3 is 2.07 bits per heavy atom. The summed E-state index contributed by atoms with van der Waals surface area (Å²) in [5.41, 5.74) is 4.70. The Labute approximate surface area is 247 Å². The van der Waals surface area contributed by atoms with Crippen molar-refractivity contribution in [1.82, 2.24) is 9.55 Å². The number of nitrogens with zero attached hydrogens (tertiary/aromatic N) is 1. The number of nitrogens with one attached hydrogen (secondary N) is 1. The highest BCUT2D eigenvalue weighted by molar-refractivity contribution is 7.71. The van der Waals surface area contributed by atoms with Crippen LogP contribution in [0.1, 0.15) is 44.1 Å². The van der Waals surface area contributed by atoms with Crippen molar-refractivity contribution in [3.8, 4) is 11.5 Å². The van der Waals surface area contributed by atoms with Gasteiger partial charge in [0.15, 0.2) is 6.61 Å². The van der Waals surface area contributed by atoms with Crippen LogP contribution in [0.5, 0.6) is 11.5 Å². The molecule has 1 aliphatic rings. The zero-order valence-electron chi connectivity index (χ0n) is 23.0. The van der Waals surface area contributed by atoms with Crippen molar-refractivity contribution in [3.63, 3.8) is 0 Å². The SMILES string of the molecule is COC(=O)COc1cccc(OCCn2cc(C3c4ccccc4C=Cc4ccccc43)c(=S)[nH]c2=O)c1C(=O)OC. The van der Waals surface area contributed by atoms with E-state index in [0.717, 1.165) is 27.8 Å². The van der Waals surface area contributed by atoms with Gasteiger partial charge in [0, 0.05) is 17.7 Å². The van der Waals surface area contributed by atoms with Crippen molar-refractivity contribution in [2.75, 3.05) is 27.4 Å². The minimum Gasteiger partial charge on any atom is -0.491 e. The molecule has 4 aromatic rings. The second-order valence-electron chi connectivity index (χ2n) is 9.40. The van der Waals surface area contributed by atoms with Gasteiger partial charge in [-0.05, 0) is 34.4 Å². The Balaban J connectivity index is 1.45. The first-order chi connectivity index (χ1) is 20.4. The average molecular weight is 585 g/mol. The fourth-order valence-corrected chi connectivity index (χ4v) is 5.19. The molecule has 1 aliphatic carbocycles.